The number of rotatable bonds is 6. The number of piperidine rings is 1. The number of likely N-dealkylation sites (N-methyl/N-ethyl adjacent to an activating group) is 1. The van der Waals surface area contributed by atoms with Crippen LogP contribution in [0, 0.1) is 11.2 Å². The van der Waals surface area contributed by atoms with Gasteiger partial charge in [0, 0.05) is 51.1 Å². The Morgan fingerprint density at radius 3 is 2.36 bits per heavy atom. The van der Waals surface area contributed by atoms with Crippen molar-refractivity contribution in [1.82, 2.24) is 14.7 Å². The fourth-order valence-corrected chi connectivity index (χ4v) is 4.74. The zero-order chi connectivity index (χ0) is 23.3. The molecular weight excluding hydrogens is 421 g/mol. The molecule has 2 amide bonds. The van der Waals surface area contributed by atoms with Crippen LogP contribution in [0.3, 0.4) is 0 Å². The van der Waals surface area contributed by atoms with Crippen molar-refractivity contribution >= 4 is 11.8 Å². The molecule has 2 heterocycles. The number of likely N-dealkylation sites (tertiary alicyclic amines) is 1. The highest BCUT2D eigenvalue weighted by Crippen LogP contribution is 2.36. The summed E-state index contributed by atoms with van der Waals surface area (Å²) in [6.45, 7) is 4.38. The smallest absolute Gasteiger partial charge is 0.256 e. The van der Waals surface area contributed by atoms with E-state index in [1.165, 1.54) is 12.1 Å². The number of amides is 2. The van der Waals surface area contributed by atoms with Crippen molar-refractivity contribution in [2.75, 3.05) is 52.9 Å². The molecule has 2 aliphatic heterocycles. The number of piperazine rings is 1. The molecule has 0 aromatic heterocycles. The molecule has 2 saturated heterocycles. The Morgan fingerprint density at radius 1 is 0.939 bits per heavy atom. The Morgan fingerprint density at radius 2 is 1.64 bits per heavy atom. The second-order valence-corrected chi connectivity index (χ2v) is 9.27. The van der Waals surface area contributed by atoms with Crippen LogP contribution in [0.2, 0.25) is 0 Å². The van der Waals surface area contributed by atoms with Gasteiger partial charge < -0.3 is 19.4 Å². The number of carbonyl (C=O) groups excluding carboxylic acids is 2. The van der Waals surface area contributed by atoms with Gasteiger partial charge in [0.15, 0.2) is 0 Å². The van der Waals surface area contributed by atoms with E-state index in [1.54, 1.807) is 17.0 Å². The van der Waals surface area contributed by atoms with Gasteiger partial charge in [0.1, 0.15) is 11.6 Å². The number of carbonyl (C=O) groups is 2. The van der Waals surface area contributed by atoms with E-state index in [9.17, 15) is 14.0 Å². The van der Waals surface area contributed by atoms with Crippen LogP contribution in [0.1, 0.15) is 29.6 Å². The lowest BCUT2D eigenvalue weighted by Crippen LogP contribution is -2.53. The summed E-state index contributed by atoms with van der Waals surface area (Å²) in [4.78, 5) is 32.3. The van der Waals surface area contributed by atoms with Gasteiger partial charge in [0.2, 0.25) is 5.91 Å². The van der Waals surface area contributed by atoms with Crippen LogP contribution < -0.4 is 4.74 Å². The van der Waals surface area contributed by atoms with E-state index in [1.807, 2.05) is 35.2 Å². The SMILES string of the molecule is CN1CCN(C(=O)CC2(COc3ccccc3)CCCN(C(=O)c3ccccc3F)C2)CC1. The summed E-state index contributed by atoms with van der Waals surface area (Å²) >= 11 is 0. The van der Waals surface area contributed by atoms with E-state index in [0.29, 0.717) is 39.2 Å². The Balaban J connectivity index is 1.53. The summed E-state index contributed by atoms with van der Waals surface area (Å²) in [5, 5.41) is 0. The van der Waals surface area contributed by atoms with Crippen molar-refractivity contribution in [3.05, 3.63) is 66.0 Å². The number of nitrogens with zero attached hydrogens (tertiary/aromatic N) is 3. The van der Waals surface area contributed by atoms with Crippen molar-refractivity contribution in [2.24, 2.45) is 5.41 Å². The molecule has 2 aliphatic rings. The van der Waals surface area contributed by atoms with Gasteiger partial charge in [-0.25, -0.2) is 4.39 Å². The normalized spacial score (nSPS) is 21.6. The molecular formula is C26H32FN3O3. The molecule has 33 heavy (non-hydrogen) atoms. The van der Waals surface area contributed by atoms with E-state index in [4.69, 9.17) is 4.74 Å². The molecule has 0 aliphatic carbocycles. The Hall–Kier alpha value is -2.93. The molecule has 2 fully saturated rings. The minimum Gasteiger partial charge on any atom is -0.493 e. The second-order valence-electron chi connectivity index (χ2n) is 9.27. The first-order valence-corrected chi connectivity index (χ1v) is 11.6. The summed E-state index contributed by atoms with van der Waals surface area (Å²) in [6.07, 6.45) is 1.83. The Labute approximate surface area is 194 Å². The Kier molecular flexibility index (Phi) is 7.28. The lowest BCUT2D eigenvalue weighted by Gasteiger charge is -2.43. The van der Waals surface area contributed by atoms with Gasteiger partial charge in [-0.1, -0.05) is 30.3 Å². The first kappa shape index (κ1) is 23.2. The van der Waals surface area contributed by atoms with Gasteiger partial charge in [-0.3, -0.25) is 9.59 Å². The molecule has 1 atom stereocenters. The maximum atomic E-state index is 14.3. The maximum Gasteiger partial charge on any atom is 0.256 e. The lowest BCUT2D eigenvalue weighted by atomic mass is 9.77. The number of hydrogen-bond donors (Lipinski definition) is 0. The lowest BCUT2D eigenvalue weighted by molar-refractivity contribution is -0.137. The highest BCUT2D eigenvalue weighted by atomic mass is 19.1. The average Bonchev–Trinajstić information content (AvgIpc) is 2.84. The summed E-state index contributed by atoms with van der Waals surface area (Å²) in [5.74, 6) is -0.0157. The van der Waals surface area contributed by atoms with Crippen molar-refractivity contribution in [2.45, 2.75) is 19.3 Å². The molecule has 0 radical (unpaired) electrons. The largest absolute Gasteiger partial charge is 0.493 e. The van der Waals surface area contributed by atoms with Crippen LogP contribution in [-0.4, -0.2) is 79.4 Å². The summed E-state index contributed by atoms with van der Waals surface area (Å²) in [7, 11) is 2.06. The fourth-order valence-electron chi connectivity index (χ4n) is 4.74. The van der Waals surface area contributed by atoms with E-state index in [-0.39, 0.29) is 17.4 Å². The number of halogens is 1. The van der Waals surface area contributed by atoms with Gasteiger partial charge in [-0.2, -0.15) is 0 Å². The molecule has 176 valence electrons. The minimum absolute atomic E-state index is 0.0719. The summed E-state index contributed by atoms with van der Waals surface area (Å²) in [5.41, 5.74) is -0.446. The van der Waals surface area contributed by atoms with Crippen molar-refractivity contribution < 1.29 is 18.7 Å². The van der Waals surface area contributed by atoms with E-state index < -0.39 is 11.2 Å². The zero-order valence-electron chi connectivity index (χ0n) is 19.2. The van der Waals surface area contributed by atoms with E-state index >= 15 is 0 Å². The second kappa shape index (κ2) is 10.3. The summed E-state index contributed by atoms with van der Waals surface area (Å²) < 4.78 is 20.4. The van der Waals surface area contributed by atoms with E-state index in [0.717, 1.165) is 31.7 Å². The molecule has 4 rings (SSSR count). The van der Waals surface area contributed by atoms with Crippen LogP contribution in [0.5, 0.6) is 5.75 Å². The van der Waals surface area contributed by atoms with Gasteiger partial charge >= 0.3 is 0 Å². The standard InChI is InChI=1S/C26H32FN3O3/c1-28-14-16-29(17-15-28)24(31)18-26(20-33-21-8-3-2-4-9-21)12-7-13-30(19-26)25(32)22-10-5-6-11-23(22)27/h2-6,8-11H,7,12-20H2,1H3. The zero-order valence-corrected chi connectivity index (χ0v) is 19.2. The van der Waals surface area contributed by atoms with Gasteiger partial charge in [0.25, 0.3) is 5.91 Å². The van der Waals surface area contributed by atoms with Gasteiger partial charge in [-0.05, 0) is 44.2 Å². The number of benzene rings is 2. The molecule has 2 aromatic carbocycles. The number of para-hydroxylation sites is 1. The number of ether oxygens (including phenoxy) is 1. The van der Waals surface area contributed by atoms with Crippen molar-refractivity contribution in [1.29, 1.82) is 0 Å². The van der Waals surface area contributed by atoms with E-state index in [2.05, 4.69) is 11.9 Å². The molecule has 0 N–H and O–H groups in total. The molecule has 7 heteroatoms. The van der Waals surface area contributed by atoms with Crippen LogP contribution in [-0.2, 0) is 4.79 Å². The van der Waals surface area contributed by atoms with Crippen LogP contribution >= 0.6 is 0 Å². The molecule has 0 bridgehead atoms. The highest BCUT2D eigenvalue weighted by molar-refractivity contribution is 5.94. The molecule has 6 nitrogen and oxygen atoms in total. The monoisotopic (exact) mass is 453 g/mol. The Bertz CT molecular complexity index is 962. The topological polar surface area (TPSA) is 53.1 Å². The summed E-state index contributed by atoms with van der Waals surface area (Å²) in [6, 6.07) is 15.6. The molecule has 0 spiro atoms. The number of hydrogen-bond acceptors (Lipinski definition) is 4. The predicted octanol–water partition coefficient (Wildman–Crippen LogP) is 3.29. The van der Waals surface area contributed by atoms with Crippen molar-refractivity contribution in [3.8, 4) is 5.75 Å². The third-order valence-corrected chi connectivity index (χ3v) is 6.72. The maximum absolute atomic E-state index is 14.3. The average molecular weight is 454 g/mol. The van der Waals surface area contributed by atoms with Gasteiger partial charge in [-0.15, -0.1) is 0 Å². The third-order valence-electron chi connectivity index (χ3n) is 6.72. The predicted molar refractivity (Wildman–Crippen MR) is 125 cm³/mol. The third kappa shape index (κ3) is 5.71. The molecule has 1 unspecified atom stereocenters. The van der Waals surface area contributed by atoms with Crippen LogP contribution in [0.4, 0.5) is 4.39 Å². The minimum atomic E-state index is -0.521. The highest BCUT2D eigenvalue weighted by Gasteiger charge is 2.41. The first-order valence-electron chi connectivity index (χ1n) is 11.6. The van der Waals surface area contributed by atoms with Gasteiger partial charge in [0.05, 0.1) is 12.2 Å². The van der Waals surface area contributed by atoms with Crippen molar-refractivity contribution in [3.63, 3.8) is 0 Å². The molecule has 2 aromatic rings. The van der Waals surface area contributed by atoms with Crippen LogP contribution in [0.25, 0.3) is 0 Å². The first-order chi connectivity index (χ1) is 16.0. The van der Waals surface area contributed by atoms with Crippen LogP contribution in [0.15, 0.2) is 54.6 Å². The fraction of sp³-hybridized carbons (Fsp3) is 0.462. The molecule has 0 saturated carbocycles. The quantitative estimate of drug-likeness (QED) is 0.674.